The normalized spacial score (nSPS) is 10.3. The van der Waals surface area contributed by atoms with Crippen molar-refractivity contribution < 1.29 is 24.2 Å². The summed E-state index contributed by atoms with van der Waals surface area (Å²) in [5.74, 6) is -1.04. The van der Waals surface area contributed by atoms with E-state index in [1.165, 1.54) is 18.0 Å². The molecule has 23 heavy (non-hydrogen) atoms. The van der Waals surface area contributed by atoms with Crippen LogP contribution in [0.4, 0.5) is 0 Å². The summed E-state index contributed by atoms with van der Waals surface area (Å²) in [6.07, 6.45) is 2.84. The highest BCUT2D eigenvalue weighted by atomic mass is 16.5. The summed E-state index contributed by atoms with van der Waals surface area (Å²) in [4.78, 5) is 35.1. The lowest BCUT2D eigenvalue weighted by molar-refractivity contribution is -0.137. The van der Waals surface area contributed by atoms with E-state index in [1.54, 1.807) is 25.3 Å². The number of methoxy groups -OCH3 is 1. The second-order valence-corrected chi connectivity index (χ2v) is 4.80. The van der Waals surface area contributed by atoms with Gasteiger partial charge in [0, 0.05) is 19.7 Å². The average Bonchev–Trinajstić information content (AvgIpc) is 2.52. The molecule has 0 aliphatic carbocycles. The standard InChI is InChI=1S/C16H20N2O5/c1-18(11-14(19)17-9-8-16(21)22)15(20)7-6-12-4-3-5-13(10-12)23-2/h3-7,10H,8-9,11H2,1-2H3,(H,17,19)(H,21,22)/b7-6+. The molecular weight excluding hydrogens is 300 g/mol. The Morgan fingerprint density at radius 2 is 2.09 bits per heavy atom. The van der Waals surface area contributed by atoms with Gasteiger partial charge < -0.3 is 20.1 Å². The first kappa shape index (κ1) is 18.2. The molecule has 0 fully saturated rings. The van der Waals surface area contributed by atoms with E-state index in [9.17, 15) is 14.4 Å². The molecule has 0 heterocycles. The van der Waals surface area contributed by atoms with Gasteiger partial charge in [0.25, 0.3) is 0 Å². The van der Waals surface area contributed by atoms with Crippen LogP contribution in [0.3, 0.4) is 0 Å². The number of carbonyl (C=O) groups excluding carboxylic acids is 2. The highest BCUT2D eigenvalue weighted by Gasteiger charge is 2.10. The van der Waals surface area contributed by atoms with Gasteiger partial charge in [-0.3, -0.25) is 14.4 Å². The van der Waals surface area contributed by atoms with Crippen molar-refractivity contribution in [1.29, 1.82) is 0 Å². The van der Waals surface area contributed by atoms with Crippen molar-refractivity contribution in [3.63, 3.8) is 0 Å². The van der Waals surface area contributed by atoms with E-state index in [0.29, 0.717) is 5.75 Å². The molecule has 0 aliphatic heterocycles. The quantitative estimate of drug-likeness (QED) is 0.689. The van der Waals surface area contributed by atoms with Crippen LogP contribution in [0.15, 0.2) is 30.3 Å². The molecule has 7 heteroatoms. The van der Waals surface area contributed by atoms with Gasteiger partial charge in [-0.25, -0.2) is 0 Å². The Kier molecular flexibility index (Phi) is 7.32. The maximum Gasteiger partial charge on any atom is 0.305 e. The minimum Gasteiger partial charge on any atom is -0.497 e. The van der Waals surface area contributed by atoms with Crippen LogP contribution >= 0.6 is 0 Å². The lowest BCUT2D eigenvalue weighted by Gasteiger charge is -2.14. The van der Waals surface area contributed by atoms with Crippen LogP contribution in [0, 0.1) is 0 Å². The van der Waals surface area contributed by atoms with Crippen molar-refractivity contribution in [2.45, 2.75) is 6.42 Å². The number of benzene rings is 1. The van der Waals surface area contributed by atoms with Crippen molar-refractivity contribution in [3.05, 3.63) is 35.9 Å². The molecule has 2 N–H and O–H groups in total. The monoisotopic (exact) mass is 320 g/mol. The molecule has 1 aromatic carbocycles. The third-order valence-electron chi connectivity index (χ3n) is 2.93. The molecule has 7 nitrogen and oxygen atoms in total. The van der Waals surface area contributed by atoms with Gasteiger partial charge in [-0.05, 0) is 23.8 Å². The summed E-state index contributed by atoms with van der Waals surface area (Å²) in [5.41, 5.74) is 0.803. The molecule has 0 bridgehead atoms. The minimum absolute atomic E-state index is 0.0375. The molecule has 1 rings (SSSR count). The fraction of sp³-hybridized carbons (Fsp3) is 0.312. The maximum absolute atomic E-state index is 11.9. The van der Waals surface area contributed by atoms with E-state index in [4.69, 9.17) is 9.84 Å². The summed E-state index contributed by atoms with van der Waals surface area (Å²) >= 11 is 0. The number of carboxylic acids is 1. The molecule has 1 aromatic rings. The second kappa shape index (κ2) is 9.24. The molecule has 124 valence electrons. The van der Waals surface area contributed by atoms with Crippen LogP contribution in [-0.2, 0) is 14.4 Å². The molecule has 0 spiro atoms. The van der Waals surface area contributed by atoms with E-state index in [1.807, 2.05) is 12.1 Å². The van der Waals surface area contributed by atoms with Crippen molar-refractivity contribution in [3.8, 4) is 5.75 Å². The van der Waals surface area contributed by atoms with Crippen LogP contribution in [0.1, 0.15) is 12.0 Å². The number of hydrogen-bond acceptors (Lipinski definition) is 4. The van der Waals surface area contributed by atoms with Gasteiger partial charge in [-0.15, -0.1) is 0 Å². The third kappa shape index (κ3) is 7.12. The average molecular weight is 320 g/mol. The fourth-order valence-corrected chi connectivity index (χ4v) is 1.70. The molecule has 0 radical (unpaired) electrons. The molecular formula is C16H20N2O5. The molecule has 0 aromatic heterocycles. The largest absolute Gasteiger partial charge is 0.497 e. The zero-order valence-electron chi connectivity index (χ0n) is 13.1. The third-order valence-corrected chi connectivity index (χ3v) is 2.93. The number of carboxylic acid groups (broad SMARTS) is 1. The van der Waals surface area contributed by atoms with E-state index in [0.717, 1.165) is 5.56 Å². The molecule has 0 saturated heterocycles. The zero-order valence-corrected chi connectivity index (χ0v) is 13.1. The van der Waals surface area contributed by atoms with Gasteiger partial charge in [0.1, 0.15) is 5.75 Å². The fourth-order valence-electron chi connectivity index (χ4n) is 1.70. The number of nitrogens with one attached hydrogen (secondary N) is 1. The first-order chi connectivity index (χ1) is 10.9. The van der Waals surface area contributed by atoms with Crippen molar-refractivity contribution in [2.24, 2.45) is 0 Å². The molecule has 0 atom stereocenters. The Morgan fingerprint density at radius 3 is 2.74 bits per heavy atom. The van der Waals surface area contributed by atoms with Crippen molar-refractivity contribution in [2.75, 3.05) is 27.2 Å². The van der Waals surface area contributed by atoms with Gasteiger partial charge in [0.2, 0.25) is 11.8 Å². The number of amides is 2. The second-order valence-electron chi connectivity index (χ2n) is 4.80. The van der Waals surface area contributed by atoms with Crippen LogP contribution in [0.25, 0.3) is 6.08 Å². The van der Waals surface area contributed by atoms with Crippen molar-refractivity contribution >= 4 is 23.9 Å². The van der Waals surface area contributed by atoms with Crippen LogP contribution < -0.4 is 10.1 Å². The SMILES string of the molecule is COc1cccc(/C=C/C(=O)N(C)CC(=O)NCCC(=O)O)c1. The maximum atomic E-state index is 11.9. The first-order valence-corrected chi connectivity index (χ1v) is 6.98. The number of hydrogen-bond donors (Lipinski definition) is 2. The summed E-state index contributed by atoms with van der Waals surface area (Å²) in [5, 5.41) is 10.9. The number of ether oxygens (including phenoxy) is 1. The molecule has 0 unspecified atom stereocenters. The number of nitrogens with zero attached hydrogens (tertiary/aromatic N) is 1. The van der Waals surface area contributed by atoms with Crippen LogP contribution in [0.5, 0.6) is 5.75 Å². The Balaban J connectivity index is 2.48. The Morgan fingerprint density at radius 1 is 1.35 bits per heavy atom. The predicted molar refractivity (Wildman–Crippen MR) is 84.9 cm³/mol. The van der Waals surface area contributed by atoms with Gasteiger partial charge in [0.05, 0.1) is 20.1 Å². The van der Waals surface area contributed by atoms with Gasteiger partial charge in [-0.2, -0.15) is 0 Å². The van der Waals surface area contributed by atoms with E-state index < -0.39 is 11.9 Å². The van der Waals surface area contributed by atoms with E-state index >= 15 is 0 Å². The number of likely N-dealkylation sites (N-methyl/N-ethyl adjacent to an activating group) is 1. The Hall–Kier alpha value is -2.83. The summed E-state index contributed by atoms with van der Waals surface area (Å²) in [7, 11) is 3.06. The molecule has 0 aliphatic rings. The van der Waals surface area contributed by atoms with Crippen LogP contribution in [0.2, 0.25) is 0 Å². The minimum atomic E-state index is -0.990. The van der Waals surface area contributed by atoms with Crippen LogP contribution in [-0.4, -0.2) is 55.0 Å². The Labute approximate surface area is 134 Å². The summed E-state index contributed by atoms with van der Waals surface area (Å²) < 4.78 is 5.09. The summed E-state index contributed by atoms with van der Waals surface area (Å²) in [6, 6.07) is 7.21. The van der Waals surface area contributed by atoms with E-state index in [2.05, 4.69) is 5.32 Å². The molecule has 2 amide bonds. The number of rotatable bonds is 8. The zero-order chi connectivity index (χ0) is 17.2. The van der Waals surface area contributed by atoms with Gasteiger partial charge in [-0.1, -0.05) is 12.1 Å². The van der Waals surface area contributed by atoms with Gasteiger partial charge >= 0.3 is 5.97 Å². The highest BCUT2D eigenvalue weighted by Crippen LogP contribution is 2.13. The lowest BCUT2D eigenvalue weighted by Crippen LogP contribution is -2.38. The summed E-state index contributed by atoms with van der Waals surface area (Å²) in [6.45, 7) is -0.100. The first-order valence-electron chi connectivity index (χ1n) is 6.98. The van der Waals surface area contributed by atoms with Crippen molar-refractivity contribution in [1.82, 2.24) is 10.2 Å². The Bertz CT molecular complexity index is 598. The topological polar surface area (TPSA) is 95.9 Å². The highest BCUT2D eigenvalue weighted by molar-refractivity contribution is 5.94. The predicted octanol–water partition coefficient (Wildman–Crippen LogP) is 0.758. The number of aliphatic carboxylic acids is 1. The van der Waals surface area contributed by atoms with E-state index in [-0.39, 0.29) is 25.4 Å². The van der Waals surface area contributed by atoms with Gasteiger partial charge in [0.15, 0.2) is 0 Å². The number of carbonyl (C=O) groups is 3. The smallest absolute Gasteiger partial charge is 0.305 e. The molecule has 0 saturated carbocycles. The lowest BCUT2D eigenvalue weighted by atomic mass is 10.2.